The van der Waals surface area contributed by atoms with Gasteiger partial charge in [0.25, 0.3) is 0 Å². The van der Waals surface area contributed by atoms with Crippen molar-refractivity contribution in [2.24, 2.45) is 56.7 Å². The van der Waals surface area contributed by atoms with E-state index < -0.39 is 0 Å². The molecule has 0 bridgehead atoms. The van der Waals surface area contributed by atoms with Crippen LogP contribution in [0.5, 0.6) is 0 Å². The van der Waals surface area contributed by atoms with Crippen molar-refractivity contribution in [1.29, 1.82) is 5.26 Å². The monoisotopic (exact) mass is 493 g/mol. The van der Waals surface area contributed by atoms with Gasteiger partial charge in [-0.3, -0.25) is 9.59 Å². The maximum atomic E-state index is 14.4. The van der Waals surface area contributed by atoms with Crippen LogP contribution >= 0.6 is 0 Å². The maximum Gasteiger partial charge on any atom is 0.176 e. The third kappa shape index (κ3) is 3.33. The van der Waals surface area contributed by atoms with E-state index >= 15 is 0 Å². The minimum absolute atomic E-state index is 0.00221. The Morgan fingerprint density at radius 3 is 2.36 bits per heavy atom. The number of allylic oxidation sites excluding steroid dienone is 2. The zero-order valence-corrected chi connectivity index (χ0v) is 23.7. The van der Waals surface area contributed by atoms with Gasteiger partial charge in [0.15, 0.2) is 5.78 Å². The lowest BCUT2D eigenvalue weighted by Gasteiger charge is -2.71. The normalized spacial score (nSPS) is 49.6. The number of ether oxygens (including phenoxy) is 1. The minimum atomic E-state index is -0.291. The predicted octanol–water partition coefficient (Wildman–Crippen LogP) is 6.93. The predicted molar refractivity (Wildman–Crippen MR) is 141 cm³/mol. The van der Waals surface area contributed by atoms with Crippen LogP contribution in [0.4, 0.5) is 0 Å². The minimum Gasteiger partial charge on any atom is -0.381 e. The van der Waals surface area contributed by atoms with Crippen LogP contribution in [0, 0.1) is 68.0 Å². The van der Waals surface area contributed by atoms with Gasteiger partial charge in [0.1, 0.15) is 11.9 Å². The van der Waals surface area contributed by atoms with E-state index in [0.717, 1.165) is 45.3 Å². The van der Waals surface area contributed by atoms with Gasteiger partial charge in [-0.05, 0) is 96.7 Å². The second-order valence-electron chi connectivity index (χ2n) is 14.8. The number of carbonyl (C=O) groups is 2. The Labute approximate surface area is 218 Å². The van der Waals surface area contributed by atoms with Crippen LogP contribution in [0.25, 0.3) is 0 Å². The highest BCUT2D eigenvalue weighted by molar-refractivity contribution is 6.01. The molecule has 0 radical (unpaired) electrons. The molecule has 5 aliphatic rings. The number of nitriles is 1. The molecule has 9 atom stereocenters. The van der Waals surface area contributed by atoms with Gasteiger partial charge in [-0.1, -0.05) is 47.6 Å². The number of hydrogen-bond acceptors (Lipinski definition) is 4. The lowest BCUT2D eigenvalue weighted by molar-refractivity contribution is -0.225. The molecule has 0 heterocycles. The van der Waals surface area contributed by atoms with Crippen LogP contribution in [0.15, 0.2) is 11.6 Å². The Morgan fingerprint density at radius 1 is 1.00 bits per heavy atom. The molecule has 198 valence electrons. The average Bonchev–Trinajstić information content (AvgIpc) is 2.82. The molecule has 4 saturated carbocycles. The summed E-state index contributed by atoms with van der Waals surface area (Å²) >= 11 is 0. The van der Waals surface area contributed by atoms with E-state index in [2.05, 4.69) is 47.6 Å². The Balaban J connectivity index is 1.60. The van der Waals surface area contributed by atoms with Crippen molar-refractivity contribution in [1.82, 2.24) is 0 Å². The summed E-state index contributed by atoms with van der Waals surface area (Å²) in [7, 11) is 0. The average molecular weight is 494 g/mol. The van der Waals surface area contributed by atoms with Gasteiger partial charge in [-0.25, -0.2) is 0 Å². The summed E-state index contributed by atoms with van der Waals surface area (Å²) in [5.41, 5.74) is 0.339. The fourth-order valence-electron chi connectivity index (χ4n) is 10.6. The standard InChI is InChI=1S/C32H47NO3/c1-8-36-19-32-13-11-28(3,4)17-23(32)26-24(34)15-25-29(5)16-21(18-33)27(35)20(2)22(29)9-10-30(25,6)31(26,7)12-14-32/h16,20,22-23,25-26H,8-15,17,19H2,1-7H3/t20-,22-,23?,25+,26?,29-,30+,31+,32+/m0/s1. The SMILES string of the molecule is CCOC[C@]12CCC(C)(C)CC1C1C(=O)C[C@@H]3[C@@]4(C)C=C(C#N)C(=O)[C@@H](C)[C@@H]4CC[C@@]3(C)[C@]1(C)CC2. The molecule has 0 aromatic carbocycles. The molecule has 2 unspecified atom stereocenters. The largest absolute Gasteiger partial charge is 0.381 e. The van der Waals surface area contributed by atoms with Gasteiger partial charge < -0.3 is 4.74 Å². The number of ketones is 2. The molecule has 5 aliphatic carbocycles. The van der Waals surface area contributed by atoms with Crippen molar-refractivity contribution in [2.45, 2.75) is 99.8 Å². The molecule has 0 aromatic rings. The molecule has 4 nitrogen and oxygen atoms in total. The zero-order chi connectivity index (χ0) is 26.3. The maximum absolute atomic E-state index is 14.4. The highest BCUT2D eigenvalue weighted by Crippen LogP contribution is 2.75. The molecular weight excluding hydrogens is 446 g/mol. The van der Waals surface area contributed by atoms with Gasteiger partial charge in [-0.2, -0.15) is 5.26 Å². The molecule has 36 heavy (non-hydrogen) atoms. The van der Waals surface area contributed by atoms with Crippen molar-refractivity contribution in [3.8, 4) is 6.07 Å². The second-order valence-corrected chi connectivity index (χ2v) is 14.8. The van der Waals surface area contributed by atoms with Crippen LogP contribution < -0.4 is 0 Å². The van der Waals surface area contributed by atoms with Crippen LogP contribution in [-0.2, 0) is 14.3 Å². The third-order valence-corrected chi connectivity index (χ3v) is 12.9. The summed E-state index contributed by atoms with van der Waals surface area (Å²) in [6, 6.07) is 2.21. The molecule has 0 aliphatic heterocycles. The fourth-order valence-corrected chi connectivity index (χ4v) is 10.6. The zero-order valence-electron chi connectivity index (χ0n) is 23.7. The number of hydrogen-bond donors (Lipinski definition) is 0. The van der Waals surface area contributed by atoms with Crippen LogP contribution in [0.1, 0.15) is 99.8 Å². The van der Waals surface area contributed by atoms with E-state index in [4.69, 9.17) is 4.74 Å². The van der Waals surface area contributed by atoms with Crippen LogP contribution in [0.2, 0.25) is 0 Å². The van der Waals surface area contributed by atoms with Gasteiger partial charge in [0.05, 0.1) is 12.2 Å². The number of nitrogens with zero attached hydrogens (tertiary/aromatic N) is 1. The van der Waals surface area contributed by atoms with Crippen molar-refractivity contribution < 1.29 is 14.3 Å². The first-order valence-corrected chi connectivity index (χ1v) is 14.6. The molecule has 0 spiro atoms. The third-order valence-electron chi connectivity index (χ3n) is 12.9. The fraction of sp³-hybridized carbons (Fsp3) is 0.844. The highest BCUT2D eigenvalue weighted by Gasteiger charge is 2.71. The van der Waals surface area contributed by atoms with Crippen LogP contribution in [0.3, 0.4) is 0 Å². The number of fused-ring (bicyclic) bond motifs is 7. The first-order valence-electron chi connectivity index (χ1n) is 14.6. The Hall–Kier alpha value is -1.47. The second kappa shape index (κ2) is 8.26. The van der Waals surface area contributed by atoms with Gasteiger partial charge >= 0.3 is 0 Å². The molecule has 5 rings (SSSR count). The van der Waals surface area contributed by atoms with E-state index in [1.165, 1.54) is 12.8 Å². The Bertz CT molecular complexity index is 1040. The van der Waals surface area contributed by atoms with Crippen LogP contribution in [-0.4, -0.2) is 24.8 Å². The van der Waals surface area contributed by atoms with E-state index in [0.29, 0.717) is 23.7 Å². The lowest BCUT2D eigenvalue weighted by atomic mass is 9.32. The summed E-state index contributed by atoms with van der Waals surface area (Å²) in [6.07, 6.45) is 10.4. The summed E-state index contributed by atoms with van der Waals surface area (Å²) in [6.45, 7) is 17.6. The smallest absolute Gasteiger partial charge is 0.176 e. The molecule has 4 heteroatoms. The van der Waals surface area contributed by atoms with Crippen molar-refractivity contribution in [2.75, 3.05) is 13.2 Å². The van der Waals surface area contributed by atoms with Crippen molar-refractivity contribution in [3.63, 3.8) is 0 Å². The topological polar surface area (TPSA) is 67.2 Å². The number of rotatable bonds is 3. The van der Waals surface area contributed by atoms with E-state index in [1.807, 2.05) is 13.0 Å². The molecule has 0 saturated heterocycles. The molecule has 0 amide bonds. The Kier molecular flexibility index (Phi) is 6.00. The molecular formula is C32H47NO3. The van der Waals surface area contributed by atoms with Gasteiger partial charge in [0.2, 0.25) is 0 Å². The first kappa shape index (κ1) is 26.1. The summed E-state index contributed by atoms with van der Waals surface area (Å²) in [5, 5.41) is 9.79. The Morgan fingerprint density at radius 2 is 1.69 bits per heavy atom. The summed E-state index contributed by atoms with van der Waals surface area (Å²) < 4.78 is 6.13. The highest BCUT2D eigenvalue weighted by atomic mass is 16.5. The van der Waals surface area contributed by atoms with Crippen molar-refractivity contribution >= 4 is 11.6 Å². The first-order chi connectivity index (χ1) is 16.8. The van der Waals surface area contributed by atoms with Crippen molar-refractivity contribution in [3.05, 3.63) is 11.6 Å². The van der Waals surface area contributed by atoms with E-state index in [9.17, 15) is 14.9 Å². The number of Topliss-reactive ketones (excluding diaryl/α,β-unsaturated/α-hetero) is 2. The molecule has 0 N–H and O–H groups in total. The van der Waals surface area contributed by atoms with E-state index in [-0.39, 0.29) is 56.5 Å². The van der Waals surface area contributed by atoms with Gasteiger partial charge in [-0.15, -0.1) is 0 Å². The quantitative estimate of drug-likeness (QED) is 0.427. The van der Waals surface area contributed by atoms with E-state index in [1.54, 1.807) is 0 Å². The lowest BCUT2D eigenvalue weighted by Crippen LogP contribution is -2.68. The molecule has 4 fully saturated rings. The molecule has 0 aromatic heterocycles. The number of carbonyl (C=O) groups excluding carboxylic acids is 2. The summed E-state index contributed by atoms with van der Waals surface area (Å²) in [4.78, 5) is 27.4. The summed E-state index contributed by atoms with van der Waals surface area (Å²) in [5.74, 6) is 1.13. The van der Waals surface area contributed by atoms with Gasteiger partial charge in [0, 0.05) is 24.9 Å².